The molecular formula is C23H30N8O3. The fourth-order valence-corrected chi connectivity index (χ4v) is 4.31. The molecule has 3 aromatic rings. The summed E-state index contributed by atoms with van der Waals surface area (Å²) in [5.74, 6) is 1.18. The van der Waals surface area contributed by atoms with Crippen LogP contribution in [-0.4, -0.2) is 83.0 Å². The van der Waals surface area contributed by atoms with Crippen LogP contribution < -0.4 is 15.5 Å². The lowest BCUT2D eigenvalue weighted by Gasteiger charge is -2.31. The molecule has 0 saturated carbocycles. The predicted octanol–water partition coefficient (Wildman–Crippen LogP) is 2.97. The van der Waals surface area contributed by atoms with E-state index in [1.54, 1.807) is 11.2 Å². The van der Waals surface area contributed by atoms with Gasteiger partial charge < -0.3 is 34.9 Å². The van der Waals surface area contributed by atoms with Gasteiger partial charge in [0.1, 0.15) is 5.52 Å². The summed E-state index contributed by atoms with van der Waals surface area (Å²) in [6, 6.07) is 8.43. The molecule has 34 heavy (non-hydrogen) atoms. The third kappa shape index (κ3) is 4.98. The van der Waals surface area contributed by atoms with Crippen molar-refractivity contribution >= 4 is 40.4 Å². The normalized spacial score (nSPS) is 17.1. The van der Waals surface area contributed by atoms with Crippen LogP contribution in [0.4, 0.5) is 27.9 Å². The Hall–Kier alpha value is -3.60. The van der Waals surface area contributed by atoms with Gasteiger partial charge in [-0.1, -0.05) is 0 Å². The Labute approximate surface area is 197 Å². The molecule has 1 amide bonds. The Morgan fingerprint density at radius 2 is 1.91 bits per heavy atom. The quantitative estimate of drug-likeness (QED) is 0.503. The highest BCUT2D eigenvalue weighted by molar-refractivity contribution is 5.84. The number of fused-ring (bicyclic) bond motifs is 1. The van der Waals surface area contributed by atoms with Gasteiger partial charge in [-0.2, -0.15) is 9.97 Å². The van der Waals surface area contributed by atoms with Crippen molar-refractivity contribution in [3.05, 3.63) is 30.6 Å². The van der Waals surface area contributed by atoms with Crippen molar-refractivity contribution in [2.24, 2.45) is 0 Å². The summed E-state index contributed by atoms with van der Waals surface area (Å²) in [6.45, 7) is 6.83. The van der Waals surface area contributed by atoms with E-state index in [1.807, 2.05) is 19.1 Å². The highest BCUT2D eigenvalue weighted by Crippen LogP contribution is 2.25. The predicted molar refractivity (Wildman–Crippen MR) is 130 cm³/mol. The van der Waals surface area contributed by atoms with E-state index in [2.05, 4.69) is 42.6 Å². The largest absolute Gasteiger partial charge is 0.450 e. The van der Waals surface area contributed by atoms with Gasteiger partial charge in [-0.15, -0.1) is 0 Å². The third-order valence-corrected chi connectivity index (χ3v) is 6.15. The van der Waals surface area contributed by atoms with Gasteiger partial charge in [0.15, 0.2) is 11.5 Å². The maximum absolute atomic E-state index is 12.0. The van der Waals surface area contributed by atoms with E-state index >= 15 is 0 Å². The standard InChI is InChI=1S/C23H30N8O3/c1-2-34-23(32)31-9-7-17(8-10-31)26-21-19-20(25-15-24-19)28-22(29-21)27-16-3-5-18(6-4-16)30-11-13-33-14-12-30/h3-6,15,17H,2,7-14H2,1H3,(H3,24,25,26,27,28,29). The van der Waals surface area contributed by atoms with Crippen molar-refractivity contribution in [3.63, 3.8) is 0 Å². The number of morpholine rings is 1. The van der Waals surface area contributed by atoms with Gasteiger partial charge >= 0.3 is 6.09 Å². The van der Waals surface area contributed by atoms with Crippen molar-refractivity contribution in [2.45, 2.75) is 25.8 Å². The minimum Gasteiger partial charge on any atom is -0.450 e. The fourth-order valence-electron chi connectivity index (χ4n) is 4.31. The number of amides is 1. The number of carbonyl (C=O) groups is 1. The second kappa shape index (κ2) is 10.1. The summed E-state index contributed by atoms with van der Waals surface area (Å²) in [6.07, 6.45) is 2.99. The molecule has 4 heterocycles. The molecule has 2 aliphatic rings. The number of aromatic nitrogens is 4. The van der Waals surface area contributed by atoms with Crippen molar-refractivity contribution < 1.29 is 14.3 Å². The molecule has 0 unspecified atom stereocenters. The van der Waals surface area contributed by atoms with Crippen LogP contribution >= 0.6 is 0 Å². The highest BCUT2D eigenvalue weighted by atomic mass is 16.6. The SMILES string of the molecule is CCOC(=O)N1CCC(Nc2nc(Nc3ccc(N4CCOCC4)cc3)nc3nc[nH]c23)CC1. The molecule has 3 N–H and O–H groups in total. The maximum Gasteiger partial charge on any atom is 0.409 e. The first-order chi connectivity index (χ1) is 16.7. The summed E-state index contributed by atoms with van der Waals surface area (Å²) < 4.78 is 10.5. The number of nitrogens with one attached hydrogen (secondary N) is 3. The van der Waals surface area contributed by atoms with Crippen LogP contribution in [0.3, 0.4) is 0 Å². The molecule has 0 radical (unpaired) electrons. The maximum atomic E-state index is 12.0. The number of hydrogen-bond donors (Lipinski definition) is 3. The molecule has 0 spiro atoms. The summed E-state index contributed by atoms with van der Waals surface area (Å²) >= 11 is 0. The van der Waals surface area contributed by atoms with Crippen molar-refractivity contribution in [3.8, 4) is 0 Å². The molecule has 180 valence electrons. The van der Waals surface area contributed by atoms with Crippen LogP contribution in [0.15, 0.2) is 30.6 Å². The molecule has 0 bridgehead atoms. The van der Waals surface area contributed by atoms with Gasteiger partial charge in [0, 0.05) is 43.6 Å². The van der Waals surface area contributed by atoms with Crippen LogP contribution in [0.1, 0.15) is 19.8 Å². The summed E-state index contributed by atoms with van der Waals surface area (Å²) in [5.41, 5.74) is 3.43. The molecule has 2 saturated heterocycles. The zero-order valence-electron chi connectivity index (χ0n) is 19.3. The van der Waals surface area contributed by atoms with E-state index in [1.165, 1.54) is 5.69 Å². The Morgan fingerprint density at radius 1 is 1.15 bits per heavy atom. The molecule has 2 aromatic heterocycles. The summed E-state index contributed by atoms with van der Waals surface area (Å²) in [5, 5.41) is 6.82. The van der Waals surface area contributed by atoms with E-state index in [0.717, 1.165) is 50.3 Å². The number of nitrogens with zero attached hydrogens (tertiary/aromatic N) is 5. The monoisotopic (exact) mass is 466 g/mol. The Kier molecular flexibility index (Phi) is 6.61. The van der Waals surface area contributed by atoms with Crippen LogP contribution in [0.2, 0.25) is 0 Å². The smallest absolute Gasteiger partial charge is 0.409 e. The lowest BCUT2D eigenvalue weighted by atomic mass is 10.1. The van der Waals surface area contributed by atoms with Gasteiger partial charge in [-0.05, 0) is 44.0 Å². The van der Waals surface area contributed by atoms with Crippen LogP contribution in [0, 0.1) is 0 Å². The number of piperidine rings is 1. The highest BCUT2D eigenvalue weighted by Gasteiger charge is 2.24. The first-order valence-electron chi connectivity index (χ1n) is 11.8. The molecule has 0 aliphatic carbocycles. The van der Waals surface area contributed by atoms with E-state index in [0.29, 0.717) is 37.1 Å². The number of H-pyrrole nitrogens is 1. The lowest BCUT2D eigenvalue weighted by molar-refractivity contribution is 0.0983. The summed E-state index contributed by atoms with van der Waals surface area (Å²) in [4.78, 5) is 32.8. The number of anilines is 4. The molecule has 2 fully saturated rings. The first-order valence-corrected chi connectivity index (χ1v) is 11.8. The van der Waals surface area contributed by atoms with Crippen LogP contribution in [-0.2, 0) is 9.47 Å². The average Bonchev–Trinajstić information content (AvgIpc) is 3.35. The van der Waals surface area contributed by atoms with Gasteiger partial charge in [0.2, 0.25) is 5.95 Å². The van der Waals surface area contributed by atoms with Crippen molar-refractivity contribution in [1.29, 1.82) is 0 Å². The first kappa shape index (κ1) is 22.2. The molecule has 11 nitrogen and oxygen atoms in total. The number of carbonyl (C=O) groups excluding carboxylic acids is 1. The molecule has 11 heteroatoms. The number of imidazole rings is 1. The second-order valence-electron chi connectivity index (χ2n) is 8.37. The lowest BCUT2D eigenvalue weighted by Crippen LogP contribution is -2.42. The van der Waals surface area contributed by atoms with E-state index < -0.39 is 0 Å². The zero-order chi connectivity index (χ0) is 23.3. The number of aromatic amines is 1. The Bertz CT molecular complexity index is 1110. The van der Waals surface area contributed by atoms with E-state index in [-0.39, 0.29) is 12.1 Å². The summed E-state index contributed by atoms with van der Waals surface area (Å²) in [7, 11) is 0. The fraction of sp³-hybridized carbons (Fsp3) is 0.478. The second-order valence-corrected chi connectivity index (χ2v) is 8.37. The van der Waals surface area contributed by atoms with E-state index in [9.17, 15) is 4.79 Å². The molecule has 1 aromatic carbocycles. The molecule has 5 rings (SSSR count). The Morgan fingerprint density at radius 3 is 2.65 bits per heavy atom. The van der Waals surface area contributed by atoms with Gasteiger partial charge in [0.05, 0.1) is 26.1 Å². The minimum absolute atomic E-state index is 0.188. The van der Waals surface area contributed by atoms with Crippen LogP contribution in [0.25, 0.3) is 11.2 Å². The van der Waals surface area contributed by atoms with Gasteiger partial charge in [0.25, 0.3) is 0 Å². The number of ether oxygens (including phenoxy) is 2. The third-order valence-electron chi connectivity index (χ3n) is 6.15. The molecule has 2 aliphatic heterocycles. The zero-order valence-corrected chi connectivity index (χ0v) is 19.3. The van der Waals surface area contributed by atoms with Gasteiger partial charge in [-0.3, -0.25) is 0 Å². The average molecular weight is 467 g/mol. The number of rotatable bonds is 6. The van der Waals surface area contributed by atoms with E-state index in [4.69, 9.17) is 14.5 Å². The molecular weight excluding hydrogens is 436 g/mol. The number of likely N-dealkylation sites (tertiary alicyclic amines) is 1. The number of benzene rings is 1. The Balaban J connectivity index is 1.26. The van der Waals surface area contributed by atoms with Crippen molar-refractivity contribution in [1.82, 2.24) is 24.8 Å². The van der Waals surface area contributed by atoms with Crippen molar-refractivity contribution in [2.75, 3.05) is 61.5 Å². The van der Waals surface area contributed by atoms with Crippen LogP contribution in [0.5, 0.6) is 0 Å². The van der Waals surface area contributed by atoms with Gasteiger partial charge in [-0.25, -0.2) is 9.78 Å². The topological polar surface area (TPSA) is 121 Å². The molecule has 0 atom stereocenters. The minimum atomic E-state index is -0.245. The number of hydrogen-bond acceptors (Lipinski definition) is 9.